The molecule has 0 radical (unpaired) electrons. The van der Waals surface area contributed by atoms with Crippen molar-refractivity contribution in [3.8, 4) is 5.75 Å². The Labute approximate surface area is 225 Å². The number of methoxy groups -OCH3 is 1. The van der Waals surface area contributed by atoms with E-state index in [1.807, 2.05) is 24.3 Å². The van der Waals surface area contributed by atoms with E-state index in [0.29, 0.717) is 18.8 Å². The summed E-state index contributed by atoms with van der Waals surface area (Å²) in [6.07, 6.45) is 5.55. The monoisotopic (exact) mass is 512 g/mol. The van der Waals surface area contributed by atoms with Crippen molar-refractivity contribution in [2.24, 2.45) is 4.99 Å². The maximum Gasteiger partial charge on any atom is 0.170 e. The van der Waals surface area contributed by atoms with Gasteiger partial charge in [-0.1, -0.05) is 65.4 Å². The van der Waals surface area contributed by atoms with E-state index < -0.39 is 0 Å². The van der Waals surface area contributed by atoms with E-state index in [4.69, 9.17) is 9.73 Å². The number of amidine groups is 1. The number of benzene rings is 3. The van der Waals surface area contributed by atoms with E-state index in [0.717, 1.165) is 35.0 Å². The number of allylic oxidation sites excluding steroid dienone is 2. The van der Waals surface area contributed by atoms with Crippen LogP contribution in [0.1, 0.15) is 40.7 Å². The Morgan fingerprint density at radius 1 is 0.919 bits per heavy atom. The maximum absolute atomic E-state index is 10.2. The summed E-state index contributed by atoms with van der Waals surface area (Å²) in [6.45, 7) is 9.83. The topological polar surface area (TPSA) is 45.1 Å². The van der Waals surface area contributed by atoms with Crippen LogP contribution in [0.3, 0.4) is 0 Å². The van der Waals surface area contributed by atoms with Gasteiger partial charge in [-0.15, -0.1) is 0 Å². The van der Waals surface area contributed by atoms with Crippen molar-refractivity contribution in [1.82, 2.24) is 4.90 Å². The Kier molecular flexibility index (Phi) is 8.78. The molecule has 1 aliphatic rings. The fourth-order valence-corrected chi connectivity index (χ4v) is 5.34. The number of hydrogen-bond donors (Lipinski definition) is 1. The highest BCUT2D eigenvalue weighted by Crippen LogP contribution is 2.34. The molecule has 4 nitrogen and oxygen atoms in total. The Bertz CT molecular complexity index is 1340. The van der Waals surface area contributed by atoms with Crippen LogP contribution in [0.5, 0.6) is 5.75 Å². The fourth-order valence-electron chi connectivity index (χ4n) is 4.38. The van der Waals surface area contributed by atoms with Crippen LogP contribution >= 0.6 is 11.8 Å². The van der Waals surface area contributed by atoms with Gasteiger partial charge in [-0.05, 0) is 93.2 Å². The molecule has 5 heteroatoms. The average Bonchev–Trinajstić information content (AvgIpc) is 2.86. The smallest absolute Gasteiger partial charge is 0.170 e. The lowest BCUT2D eigenvalue weighted by Crippen LogP contribution is -2.31. The summed E-state index contributed by atoms with van der Waals surface area (Å²) in [5.41, 5.74) is 8.05. The second-order valence-corrected chi connectivity index (χ2v) is 10.8. The number of aliphatic imine (C=N–C) groups is 1. The van der Waals surface area contributed by atoms with Crippen LogP contribution in [-0.4, -0.2) is 28.8 Å². The lowest BCUT2D eigenvalue weighted by atomic mass is 10.0. The molecule has 192 valence electrons. The first-order chi connectivity index (χ1) is 17.8. The third-order valence-electron chi connectivity index (χ3n) is 6.41. The number of nitrogens with zero attached hydrogens (tertiary/aromatic N) is 2. The molecule has 0 saturated carbocycles. The Hall–Kier alpha value is -3.44. The summed E-state index contributed by atoms with van der Waals surface area (Å²) in [5.74, 6) is 1.09. The van der Waals surface area contributed by atoms with E-state index in [2.05, 4.69) is 81.1 Å². The number of aliphatic hydroxyl groups excluding tert-OH is 1. The summed E-state index contributed by atoms with van der Waals surface area (Å²) < 4.78 is 5.68. The molecule has 1 N–H and O–H groups in total. The molecule has 0 bridgehead atoms. The van der Waals surface area contributed by atoms with Gasteiger partial charge in [-0.2, -0.15) is 0 Å². The molecule has 0 aliphatic heterocycles. The minimum absolute atomic E-state index is 0.345. The van der Waals surface area contributed by atoms with Crippen molar-refractivity contribution in [1.29, 1.82) is 0 Å². The lowest BCUT2D eigenvalue weighted by Gasteiger charge is -2.28. The zero-order chi connectivity index (χ0) is 26.4. The quantitative estimate of drug-likeness (QED) is 0.196. The first kappa shape index (κ1) is 26.6. The van der Waals surface area contributed by atoms with Crippen molar-refractivity contribution >= 4 is 22.6 Å². The largest absolute Gasteiger partial charge is 0.508 e. The third kappa shape index (κ3) is 7.30. The summed E-state index contributed by atoms with van der Waals surface area (Å²) >= 11 is 1.68. The number of thioether (sulfide) groups is 1. The van der Waals surface area contributed by atoms with Crippen LogP contribution in [-0.2, 0) is 6.54 Å². The zero-order valence-corrected chi connectivity index (χ0v) is 23.2. The van der Waals surface area contributed by atoms with Crippen molar-refractivity contribution < 1.29 is 9.84 Å². The fraction of sp³-hybridized carbons (Fsp3) is 0.281. The van der Waals surface area contributed by atoms with Gasteiger partial charge < -0.3 is 14.7 Å². The highest BCUT2D eigenvalue weighted by atomic mass is 32.2. The van der Waals surface area contributed by atoms with Crippen LogP contribution in [0.15, 0.2) is 94.0 Å². The minimum atomic E-state index is 0.345. The summed E-state index contributed by atoms with van der Waals surface area (Å²) in [6, 6.07) is 21.3. The second kappa shape index (κ2) is 12.2. The lowest BCUT2D eigenvalue weighted by molar-refractivity contribution is 0.413. The van der Waals surface area contributed by atoms with Gasteiger partial charge in [0.05, 0.1) is 7.11 Å². The highest BCUT2D eigenvalue weighted by Gasteiger charge is 2.19. The van der Waals surface area contributed by atoms with Crippen LogP contribution in [0, 0.1) is 27.7 Å². The van der Waals surface area contributed by atoms with E-state index in [-0.39, 0.29) is 0 Å². The van der Waals surface area contributed by atoms with Gasteiger partial charge in [0.1, 0.15) is 17.2 Å². The molecule has 1 aliphatic carbocycles. The molecule has 0 unspecified atom stereocenters. The Morgan fingerprint density at radius 3 is 2.32 bits per heavy atom. The van der Waals surface area contributed by atoms with E-state index >= 15 is 0 Å². The molecule has 37 heavy (non-hydrogen) atoms. The molecule has 0 aromatic heterocycles. The molecular weight excluding hydrogens is 476 g/mol. The minimum Gasteiger partial charge on any atom is -0.508 e. The third-order valence-corrected chi connectivity index (χ3v) is 7.62. The molecule has 0 saturated heterocycles. The van der Waals surface area contributed by atoms with Gasteiger partial charge in [0.2, 0.25) is 0 Å². The first-order valence-electron chi connectivity index (χ1n) is 12.7. The molecule has 0 atom stereocenters. The van der Waals surface area contributed by atoms with Crippen LogP contribution in [0.4, 0.5) is 5.69 Å². The standard InChI is InChI=1S/C32H36N2O2S/c1-22-9-13-26(14-10-22)20-34(21-27-7-6-8-28(35)19-27)32(37-31-16-12-23(2)17-25(31)4)33-29-18-24(3)11-15-30(29)36-5/h8-19,35H,6-7,20-21H2,1-5H3. The Balaban J connectivity index is 1.81. The van der Waals surface area contributed by atoms with Gasteiger partial charge in [0, 0.05) is 18.0 Å². The van der Waals surface area contributed by atoms with Crippen molar-refractivity contribution in [2.75, 3.05) is 13.7 Å². The van der Waals surface area contributed by atoms with Gasteiger partial charge in [-0.25, -0.2) is 4.99 Å². The van der Waals surface area contributed by atoms with E-state index in [9.17, 15) is 5.11 Å². The normalized spacial score (nSPS) is 13.7. The number of rotatable bonds is 7. The van der Waals surface area contributed by atoms with Gasteiger partial charge >= 0.3 is 0 Å². The molecule has 0 spiro atoms. The summed E-state index contributed by atoms with van der Waals surface area (Å²) in [7, 11) is 1.69. The molecule has 0 amide bonds. The molecule has 3 aromatic carbocycles. The summed E-state index contributed by atoms with van der Waals surface area (Å²) in [4.78, 5) is 8.72. The van der Waals surface area contributed by atoms with Crippen LogP contribution < -0.4 is 4.74 Å². The predicted molar refractivity (Wildman–Crippen MR) is 156 cm³/mol. The van der Waals surface area contributed by atoms with Crippen molar-refractivity contribution in [2.45, 2.75) is 52.0 Å². The zero-order valence-electron chi connectivity index (χ0n) is 22.4. The van der Waals surface area contributed by atoms with Gasteiger partial charge in [0.25, 0.3) is 0 Å². The van der Waals surface area contributed by atoms with E-state index in [1.165, 1.54) is 32.7 Å². The van der Waals surface area contributed by atoms with Crippen molar-refractivity contribution in [3.05, 3.63) is 112 Å². The molecule has 0 heterocycles. The molecular formula is C32H36N2O2S. The molecule has 4 rings (SSSR count). The number of aliphatic hydroxyl groups is 1. The first-order valence-corrected chi connectivity index (χ1v) is 13.5. The maximum atomic E-state index is 10.2. The number of aryl methyl sites for hydroxylation is 4. The van der Waals surface area contributed by atoms with Gasteiger partial charge in [0.15, 0.2) is 5.17 Å². The number of hydrogen-bond acceptors (Lipinski definition) is 4. The number of ether oxygens (including phenoxy) is 1. The average molecular weight is 513 g/mol. The molecule has 0 fully saturated rings. The molecule has 3 aromatic rings. The SMILES string of the molecule is COc1ccc(C)cc1N=C(Sc1ccc(C)cc1C)N(CC1=CC(O)=CCC1)Cc1ccc(C)cc1. The highest BCUT2D eigenvalue weighted by molar-refractivity contribution is 8.13. The summed E-state index contributed by atoms with van der Waals surface area (Å²) in [5, 5.41) is 11.1. The van der Waals surface area contributed by atoms with Crippen LogP contribution in [0.2, 0.25) is 0 Å². The van der Waals surface area contributed by atoms with Crippen LogP contribution in [0.25, 0.3) is 0 Å². The Morgan fingerprint density at radius 2 is 1.62 bits per heavy atom. The van der Waals surface area contributed by atoms with E-state index in [1.54, 1.807) is 18.9 Å². The van der Waals surface area contributed by atoms with Crippen molar-refractivity contribution in [3.63, 3.8) is 0 Å². The second-order valence-electron chi connectivity index (χ2n) is 9.75. The van der Waals surface area contributed by atoms with Gasteiger partial charge in [-0.3, -0.25) is 0 Å². The predicted octanol–water partition coefficient (Wildman–Crippen LogP) is 8.37.